The molecule has 1 rings (SSSR count). The maximum absolute atomic E-state index is 8.77. The van der Waals surface area contributed by atoms with Crippen LogP contribution in [0, 0.1) is 11.3 Å². The van der Waals surface area contributed by atoms with Crippen molar-refractivity contribution in [2.45, 2.75) is 20.0 Å². The molecule has 0 fully saturated rings. The molecule has 4 heteroatoms. The molecule has 1 heterocycles. The highest BCUT2D eigenvalue weighted by molar-refractivity contribution is 5.40. The molecule has 80 valence electrons. The standard InChI is InChI=1S/C11H14N2O2/c1-9(2)14-5-6-15-11-8-13-4-3-10(11)7-12/h3-4,8-9H,5-6H2,1-2H3. The number of rotatable bonds is 5. The van der Waals surface area contributed by atoms with Crippen LogP contribution in [0.15, 0.2) is 18.5 Å². The molecule has 0 unspecified atom stereocenters. The van der Waals surface area contributed by atoms with Gasteiger partial charge >= 0.3 is 0 Å². The second kappa shape index (κ2) is 5.99. The lowest BCUT2D eigenvalue weighted by atomic mass is 10.3. The van der Waals surface area contributed by atoms with E-state index in [-0.39, 0.29) is 6.10 Å². The van der Waals surface area contributed by atoms with E-state index < -0.39 is 0 Å². The number of nitrogens with zero attached hydrogens (tertiary/aromatic N) is 2. The third kappa shape index (κ3) is 3.96. The van der Waals surface area contributed by atoms with E-state index in [1.165, 1.54) is 6.20 Å². The van der Waals surface area contributed by atoms with Crippen molar-refractivity contribution < 1.29 is 9.47 Å². The molecule has 0 saturated heterocycles. The molecule has 0 N–H and O–H groups in total. The minimum Gasteiger partial charge on any atom is -0.488 e. The Bertz CT molecular complexity index is 345. The third-order valence-electron chi connectivity index (χ3n) is 1.70. The highest BCUT2D eigenvalue weighted by Gasteiger charge is 2.02. The molecule has 15 heavy (non-hydrogen) atoms. The van der Waals surface area contributed by atoms with Crippen LogP contribution in [0.5, 0.6) is 5.75 Å². The summed E-state index contributed by atoms with van der Waals surface area (Å²) in [5.74, 6) is 0.507. The van der Waals surface area contributed by atoms with Gasteiger partial charge in [0.05, 0.1) is 24.5 Å². The van der Waals surface area contributed by atoms with Crippen molar-refractivity contribution in [3.63, 3.8) is 0 Å². The van der Waals surface area contributed by atoms with Gasteiger partial charge in [-0.15, -0.1) is 0 Å². The fraction of sp³-hybridized carbons (Fsp3) is 0.455. The number of nitriles is 1. The molecule has 1 aromatic rings. The molecule has 0 radical (unpaired) electrons. The Kier molecular flexibility index (Phi) is 4.58. The second-order valence-electron chi connectivity index (χ2n) is 3.25. The number of hydrogen-bond donors (Lipinski definition) is 0. The molecule has 1 aromatic heterocycles. The van der Waals surface area contributed by atoms with Crippen LogP contribution < -0.4 is 4.74 Å². The molecule has 0 aromatic carbocycles. The van der Waals surface area contributed by atoms with Crippen molar-refractivity contribution in [1.82, 2.24) is 4.98 Å². The van der Waals surface area contributed by atoms with E-state index in [1.54, 1.807) is 12.3 Å². The zero-order valence-corrected chi connectivity index (χ0v) is 8.93. The van der Waals surface area contributed by atoms with E-state index >= 15 is 0 Å². The summed E-state index contributed by atoms with van der Waals surface area (Å²) in [7, 11) is 0. The van der Waals surface area contributed by atoms with Gasteiger partial charge in [-0.2, -0.15) is 5.26 Å². The van der Waals surface area contributed by atoms with Gasteiger partial charge in [-0.1, -0.05) is 0 Å². The Morgan fingerprint density at radius 2 is 2.27 bits per heavy atom. The maximum Gasteiger partial charge on any atom is 0.155 e. The highest BCUT2D eigenvalue weighted by atomic mass is 16.5. The van der Waals surface area contributed by atoms with E-state index in [0.29, 0.717) is 24.5 Å². The SMILES string of the molecule is CC(C)OCCOc1cnccc1C#N. The second-order valence-corrected chi connectivity index (χ2v) is 3.25. The van der Waals surface area contributed by atoms with E-state index in [1.807, 2.05) is 19.9 Å². The molecule has 0 bridgehead atoms. The summed E-state index contributed by atoms with van der Waals surface area (Å²) in [6.45, 7) is 4.87. The Labute approximate surface area is 89.5 Å². The minimum atomic E-state index is 0.193. The first-order valence-electron chi connectivity index (χ1n) is 4.82. The highest BCUT2D eigenvalue weighted by Crippen LogP contribution is 2.14. The lowest BCUT2D eigenvalue weighted by Crippen LogP contribution is -2.11. The van der Waals surface area contributed by atoms with Crippen molar-refractivity contribution in [3.05, 3.63) is 24.0 Å². The summed E-state index contributed by atoms with van der Waals surface area (Å²) in [5, 5.41) is 8.77. The van der Waals surface area contributed by atoms with E-state index in [2.05, 4.69) is 4.98 Å². The van der Waals surface area contributed by atoms with Crippen molar-refractivity contribution in [2.24, 2.45) is 0 Å². The van der Waals surface area contributed by atoms with Gasteiger partial charge in [0.25, 0.3) is 0 Å². The van der Waals surface area contributed by atoms with Crippen molar-refractivity contribution >= 4 is 0 Å². The van der Waals surface area contributed by atoms with Crippen LogP contribution in [0.3, 0.4) is 0 Å². The Morgan fingerprint density at radius 1 is 1.47 bits per heavy atom. The van der Waals surface area contributed by atoms with Crippen LogP contribution in [-0.4, -0.2) is 24.3 Å². The molecule has 0 aliphatic rings. The molecular weight excluding hydrogens is 192 g/mol. The summed E-state index contributed by atoms with van der Waals surface area (Å²) in [5.41, 5.74) is 0.495. The fourth-order valence-corrected chi connectivity index (χ4v) is 1.02. The van der Waals surface area contributed by atoms with E-state index in [4.69, 9.17) is 14.7 Å². The van der Waals surface area contributed by atoms with Gasteiger partial charge < -0.3 is 9.47 Å². The Balaban J connectivity index is 2.41. The summed E-state index contributed by atoms with van der Waals surface area (Å²) in [4.78, 5) is 3.89. The zero-order valence-electron chi connectivity index (χ0n) is 8.93. The topological polar surface area (TPSA) is 55.1 Å². The van der Waals surface area contributed by atoms with Crippen molar-refractivity contribution in [1.29, 1.82) is 5.26 Å². The summed E-state index contributed by atoms with van der Waals surface area (Å²) in [6.07, 6.45) is 3.29. The van der Waals surface area contributed by atoms with E-state index in [0.717, 1.165) is 0 Å². The largest absolute Gasteiger partial charge is 0.488 e. The lowest BCUT2D eigenvalue weighted by Gasteiger charge is -2.09. The van der Waals surface area contributed by atoms with Crippen molar-refractivity contribution in [2.75, 3.05) is 13.2 Å². The van der Waals surface area contributed by atoms with Crippen LogP contribution in [0.25, 0.3) is 0 Å². The van der Waals surface area contributed by atoms with Gasteiger partial charge in [-0.3, -0.25) is 4.98 Å². The van der Waals surface area contributed by atoms with Gasteiger partial charge in [0.1, 0.15) is 12.7 Å². The average Bonchev–Trinajstić information content (AvgIpc) is 2.24. The molecule has 4 nitrogen and oxygen atoms in total. The number of pyridine rings is 1. The molecule has 0 saturated carbocycles. The summed E-state index contributed by atoms with van der Waals surface area (Å²) >= 11 is 0. The first-order chi connectivity index (χ1) is 7.24. The maximum atomic E-state index is 8.77. The molecule has 0 aliphatic carbocycles. The van der Waals surface area contributed by atoms with Gasteiger partial charge in [0.2, 0.25) is 0 Å². The first-order valence-corrected chi connectivity index (χ1v) is 4.82. The predicted molar refractivity (Wildman–Crippen MR) is 55.5 cm³/mol. The normalized spacial score (nSPS) is 10.0. The quantitative estimate of drug-likeness (QED) is 0.689. The van der Waals surface area contributed by atoms with Gasteiger partial charge in [0, 0.05) is 6.20 Å². The number of aromatic nitrogens is 1. The Hall–Kier alpha value is -1.60. The number of hydrogen-bond acceptors (Lipinski definition) is 4. The van der Waals surface area contributed by atoms with Crippen LogP contribution in [0.1, 0.15) is 19.4 Å². The van der Waals surface area contributed by atoms with E-state index in [9.17, 15) is 0 Å². The molecule has 0 spiro atoms. The van der Waals surface area contributed by atoms with Gasteiger partial charge in [-0.25, -0.2) is 0 Å². The molecule has 0 amide bonds. The number of ether oxygens (including phenoxy) is 2. The molecule has 0 atom stereocenters. The minimum absolute atomic E-state index is 0.193. The average molecular weight is 206 g/mol. The van der Waals surface area contributed by atoms with Crippen LogP contribution in [0.2, 0.25) is 0 Å². The van der Waals surface area contributed by atoms with Gasteiger partial charge in [0.15, 0.2) is 5.75 Å². The summed E-state index contributed by atoms with van der Waals surface area (Å²) < 4.78 is 10.7. The first kappa shape index (κ1) is 11.5. The monoisotopic (exact) mass is 206 g/mol. The Morgan fingerprint density at radius 3 is 2.93 bits per heavy atom. The van der Waals surface area contributed by atoms with Crippen LogP contribution >= 0.6 is 0 Å². The smallest absolute Gasteiger partial charge is 0.155 e. The van der Waals surface area contributed by atoms with Crippen molar-refractivity contribution in [3.8, 4) is 11.8 Å². The van der Waals surface area contributed by atoms with Crippen LogP contribution in [-0.2, 0) is 4.74 Å². The van der Waals surface area contributed by atoms with Crippen LogP contribution in [0.4, 0.5) is 0 Å². The summed E-state index contributed by atoms with van der Waals surface area (Å²) in [6, 6.07) is 3.66. The lowest BCUT2D eigenvalue weighted by molar-refractivity contribution is 0.0551. The third-order valence-corrected chi connectivity index (χ3v) is 1.70. The molecule has 0 aliphatic heterocycles. The van der Waals surface area contributed by atoms with Gasteiger partial charge in [-0.05, 0) is 19.9 Å². The zero-order chi connectivity index (χ0) is 11.1. The predicted octanol–water partition coefficient (Wildman–Crippen LogP) is 1.76. The fourth-order valence-electron chi connectivity index (χ4n) is 1.02. The molecular formula is C11H14N2O2.